The highest BCUT2D eigenvalue weighted by molar-refractivity contribution is 5.30. The summed E-state index contributed by atoms with van der Waals surface area (Å²) in [6.45, 7) is 4.34. The van der Waals surface area contributed by atoms with E-state index in [0.717, 1.165) is 31.4 Å². The molecule has 0 saturated heterocycles. The summed E-state index contributed by atoms with van der Waals surface area (Å²) in [6, 6.07) is 4.89. The van der Waals surface area contributed by atoms with E-state index in [4.69, 9.17) is 14.9 Å². The number of hydrogen-bond donors (Lipinski definition) is 3. The molecular weight excluding hydrogens is 421 g/mol. The van der Waals surface area contributed by atoms with Gasteiger partial charge in [-0.3, -0.25) is 0 Å². The van der Waals surface area contributed by atoms with E-state index in [1.165, 1.54) is 12.1 Å². The van der Waals surface area contributed by atoms with E-state index in [1.54, 1.807) is 0 Å². The first-order valence-corrected chi connectivity index (χ1v) is 11.3. The van der Waals surface area contributed by atoms with Crippen LogP contribution in [0.4, 0.5) is 13.2 Å². The fraction of sp³-hybridized carbons (Fsp3) is 0.600. The lowest BCUT2D eigenvalue weighted by Gasteiger charge is -2.20. The van der Waals surface area contributed by atoms with Crippen LogP contribution < -0.4 is 4.74 Å². The summed E-state index contributed by atoms with van der Waals surface area (Å²) in [5.74, 6) is 0.861. The Labute approximate surface area is 188 Å². The van der Waals surface area contributed by atoms with Crippen LogP contribution in [0, 0.1) is 23.7 Å². The standard InChI is InChI=1S/C25H35F3O4/c1-17(16-32-20-9-7-8-19(15-20)25(26,27)28)12-13-21-18(2)14-23(29)22(21)10-5-3-4-6-11-24(30)31/h3,5,7-9,12-13,15,17-18,21-24,29-31H,4,6,10-11,14,16H2,1-2H3. The number of unbranched alkanes of at least 4 members (excludes halogenated alkanes) is 1. The Bertz CT molecular complexity index is 745. The minimum absolute atomic E-state index is 0.00980. The van der Waals surface area contributed by atoms with Crippen molar-refractivity contribution in [2.24, 2.45) is 23.7 Å². The van der Waals surface area contributed by atoms with Gasteiger partial charge in [0.25, 0.3) is 0 Å². The van der Waals surface area contributed by atoms with E-state index in [1.807, 2.05) is 19.1 Å². The Balaban J connectivity index is 1.87. The molecule has 1 aliphatic rings. The van der Waals surface area contributed by atoms with Gasteiger partial charge in [-0.05, 0) is 68.1 Å². The number of benzene rings is 1. The van der Waals surface area contributed by atoms with Gasteiger partial charge in [0.2, 0.25) is 0 Å². The van der Waals surface area contributed by atoms with E-state index in [0.29, 0.717) is 18.8 Å². The molecule has 32 heavy (non-hydrogen) atoms. The van der Waals surface area contributed by atoms with Crippen LogP contribution in [0.15, 0.2) is 48.6 Å². The number of aliphatic hydroxyl groups is 3. The third-order valence-electron chi connectivity index (χ3n) is 6.00. The fourth-order valence-corrected chi connectivity index (χ4v) is 4.19. The third-order valence-corrected chi connectivity index (χ3v) is 6.00. The molecule has 0 spiro atoms. The molecule has 5 unspecified atom stereocenters. The Morgan fingerprint density at radius 3 is 2.66 bits per heavy atom. The van der Waals surface area contributed by atoms with Gasteiger partial charge in [0, 0.05) is 5.92 Å². The minimum atomic E-state index is -4.39. The molecule has 1 aromatic rings. The van der Waals surface area contributed by atoms with Crippen LogP contribution in [0.2, 0.25) is 0 Å². The molecule has 0 heterocycles. The van der Waals surface area contributed by atoms with Crippen LogP contribution in [0.25, 0.3) is 0 Å². The Kier molecular flexibility index (Phi) is 10.3. The highest BCUT2D eigenvalue weighted by Gasteiger charge is 2.37. The van der Waals surface area contributed by atoms with Gasteiger partial charge in [0.1, 0.15) is 5.75 Å². The summed E-state index contributed by atoms with van der Waals surface area (Å²) in [5, 5.41) is 28.2. The zero-order chi connectivity index (χ0) is 23.7. The molecule has 1 aromatic carbocycles. The molecule has 0 bridgehead atoms. The van der Waals surface area contributed by atoms with Crippen LogP contribution in [0.3, 0.4) is 0 Å². The topological polar surface area (TPSA) is 69.9 Å². The van der Waals surface area contributed by atoms with Crippen molar-refractivity contribution in [3.63, 3.8) is 0 Å². The Morgan fingerprint density at radius 1 is 1.22 bits per heavy atom. The highest BCUT2D eigenvalue weighted by Crippen LogP contribution is 2.40. The van der Waals surface area contributed by atoms with Crippen LogP contribution >= 0.6 is 0 Å². The molecular formula is C25H35F3O4. The van der Waals surface area contributed by atoms with Crippen molar-refractivity contribution in [3.8, 4) is 5.75 Å². The summed E-state index contributed by atoms with van der Waals surface area (Å²) in [5.41, 5.74) is -0.726. The molecule has 2 rings (SSSR count). The summed E-state index contributed by atoms with van der Waals surface area (Å²) >= 11 is 0. The van der Waals surface area contributed by atoms with Crippen molar-refractivity contribution < 1.29 is 33.2 Å². The maximum atomic E-state index is 12.8. The van der Waals surface area contributed by atoms with Crippen LogP contribution in [0.5, 0.6) is 5.75 Å². The fourth-order valence-electron chi connectivity index (χ4n) is 4.19. The number of aliphatic hydroxyl groups excluding tert-OH is 2. The predicted molar refractivity (Wildman–Crippen MR) is 118 cm³/mol. The van der Waals surface area contributed by atoms with Gasteiger partial charge in [-0.15, -0.1) is 0 Å². The first-order valence-electron chi connectivity index (χ1n) is 11.3. The molecule has 1 saturated carbocycles. The average Bonchev–Trinajstić information content (AvgIpc) is 2.99. The predicted octanol–water partition coefficient (Wildman–Crippen LogP) is 5.34. The third kappa shape index (κ3) is 8.60. The van der Waals surface area contributed by atoms with E-state index in [2.05, 4.69) is 19.1 Å². The second kappa shape index (κ2) is 12.4. The van der Waals surface area contributed by atoms with Gasteiger partial charge in [0.05, 0.1) is 18.3 Å². The number of alkyl halides is 3. The zero-order valence-electron chi connectivity index (χ0n) is 18.7. The number of hydrogen-bond acceptors (Lipinski definition) is 4. The smallest absolute Gasteiger partial charge is 0.416 e. The zero-order valence-corrected chi connectivity index (χ0v) is 18.7. The van der Waals surface area contributed by atoms with Crippen molar-refractivity contribution in [3.05, 3.63) is 54.1 Å². The van der Waals surface area contributed by atoms with E-state index < -0.39 is 18.0 Å². The summed E-state index contributed by atoms with van der Waals surface area (Å²) in [7, 11) is 0. The van der Waals surface area contributed by atoms with Crippen molar-refractivity contribution in [2.75, 3.05) is 6.61 Å². The first-order chi connectivity index (χ1) is 15.1. The van der Waals surface area contributed by atoms with Crippen LogP contribution in [0.1, 0.15) is 51.5 Å². The number of halogens is 3. The summed E-state index contributed by atoms with van der Waals surface area (Å²) < 4.78 is 44.1. The van der Waals surface area contributed by atoms with E-state index in [-0.39, 0.29) is 36.2 Å². The van der Waals surface area contributed by atoms with Crippen molar-refractivity contribution >= 4 is 0 Å². The Hall–Kier alpha value is -1.83. The van der Waals surface area contributed by atoms with E-state index >= 15 is 0 Å². The van der Waals surface area contributed by atoms with Gasteiger partial charge >= 0.3 is 6.18 Å². The average molecular weight is 457 g/mol. The molecule has 7 heteroatoms. The molecule has 0 aromatic heterocycles. The van der Waals surface area contributed by atoms with Crippen molar-refractivity contribution in [1.82, 2.24) is 0 Å². The summed E-state index contributed by atoms with van der Waals surface area (Å²) in [4.78, 5) is 0. The second-order valence-electron chi connectivity index (χ2n) is 8.84. The quantitative estimate of drug-likeness (QED) is 0.239. The SMILES string of the molecule is CC(C=CC1C(C)CC(O)C1CC=CCCCC(O)O)COc1cccc(C(F)(F)F)c1. The van der Waals surface area contributed by atoms with Crippen LogP contribution in [-0.2, 0) is 6.18 Å². The molecule has 5 atom stereocenters. The first kappa shape index (κ1) is 26.4. The van der Waals surface area contributed by atoms with Crippen molar-refractivity contribution in [1.29, 1.82) is 0 Å². The minimum Gasteiger partial charge on any atom is -0.493 e. The lowest BCUT2D eigenvalue weighted by Crippen LogP contribution is -2.18. The Morgan fingerprint density at radius 2 is 1.97 bits per heavy atom. The maximum Gasteiger partial charge on any atom is 0.416 e. The second-order valence-corrected chi connectivity index (χ2v) is 8.84. The largest absolute Gasteiger partial charge is 0.493 e. The molecule has 180 valence electrons. The van der Waals surface area contributed by atoms with Crippen LogP contribution in [-0.4, -0.2) is 34.3 Å². The maximum absolute atomic E-state index is 12.8. The lowest BCUT2D eigenvalue weighted by atomic mass is 9.86. The van der Waals surface area contributed by atoms with Gasteiger partial charge < -0.3 is 20.1 Å². The van der Waals surface area contributed by atoms with Gasteiger partial charge in [-0.2, -0.15) is 13.2 Å². The van der Waals surface area contributed by atoms with Gasteiger partial charge in [-0.1, -0.05) is 44.2 Å². The molecule has 0 amide bonds. The molecule has 0 aliphatic heterocycles. The van der Waals surface area contributed by atoms with Gasteiger partial charge in [-0.25, -0.2) is 0 Å². The number of rotatable bonds is 11. The normalized spacial score (nSPS) is 25.3. The van der Waals surface area contributed by atoms with Gasteiger partial charge in [0.15, 0.2) is 6.29 Å². The molecule has 1 fully saturated rings. The van der Waals surface area contributed by atoms with E-state index in [9.17, 15) is 18.3 Å². The van der Waals surface area contributed by atoms with Crippen molar-refractivity contribution in [2.45, 2.75) is 64.5 Å². The molecule has 4 nitrogen and oxygen atoms in total. The number of ether oxygens (including phenoxy) is 1. The highest BCUT2D eigenvalue weighted by atomic mass is 19.4. The number of allylic oxidation sites excluding steroid dienone is 3. The molecule has 0 radical (unpaired) electrons. The molecule has 3 N–H and O–H groups in total. The lowest BCUT2D eigenvalue weighted by molar-refractivity contribution is -0.137. The monoisotopic (exact) mass is 456 g/mol. The molecule has 1 aliphatic carbocycles. The summed E-state index contributed by atoms with van der Waals surface area (Å²) in [6.07, 6.45) is 5.46.